The molecule has 112 valence electrons. The molecule has 2 fully saturated rings. The summed E-state index contributed by atoms with van der Waals surface area (Å²) in [6.45, 7) is 7.16. The van der Waals surface area contributed by atoms with Crippen LogP contribution >= 0.6 is 23.5 Å². The molecule has 0 aromatic heterocycles. The minimum Gasteiger partial charge on any atom is -0.271 e. The lowest BCUT2D eigenvalue weighted by atomic mass is 9.72. The van der Waals surface area contributed by atoms with Gasteiger partial charge in [-0.25, -0.2) is 0 Å². The Morgan fingerprint density at radius 3 is 2.53 bits per heavy atom. The Labute approximate surface area is 127 Å². The number of hydrogen-bond donors (Lipinski definition) is 2. The van der Waals surface area contributed by atoms with Crippen molar-refractivity contribution in [1.82, 2.24) is 5.43 Å². The molecular formula is C15H30N2S2. The van der Waals surface area contributed by atoms with Crippen LogP contribution in [0.1, 0.15) is 46.5 Å². The van der Waals surface area contributed by atoms with Gasteiger partial charge in [-0.05, 0) is 37.0 Å². The highest BCUT2D eigenvalue weighted by Crippen LogP contribution is 2.42. The van der Waals surface area contributed by atoms with Gasteiger partial charge in [0.25, 0.3) is 0 Å². The van der Waals surface area contributed by atoms with Crippen LogP contribution in [0.5, 0.6) is 0 Å². The molecule has 0 radical (unpaired) electrons. The summed E-state index contributed by atoms with van der Waals surface area (Å²) < 4.78 is 0. The molecule has 3 N–H and O–H groups in total. The predicted molar refractivity (Wildman–Crippen MR) is 89.6 cm³/mol. The van der Waals surface area contributed by atoms with E-state index in [9.17, 15) is 0 Å². The summed E-state index contributed by atoms with van der Waals surface area (Å²) in [4.78, 5) is 0. The molecule has 1 saturated carbocycles. The summed E-state index contributed by atoms with van der Waals surface area (Å²) in [5, 5.41) is 1.49. The van der Waals surface area contributed by atoms with E-state index in [1.165, 1.54) is 37.2 Å². The van der Waals surface area contributed by atoms with E-state index >= 15 is 0 Å². The Kier molecular flexibility index (Phi) is 6.38. The second-order valence-corrected chi connectivity index (χ2v) is 9.01. The first-order chi connectivity index (χ1) is 9.17. The fourth-order valence-corrected chi connectivity index (χ4v) is 7.01. The van der Waals surface area contributed by atoms with Gasteiger partial charge >= 0.3 is 0 Å². The van der Waals surface area contributed by atoms with Crippen molar-refractivity contribution in [2.24, 2.45) is 23.6 Å². The maximum atomic E-state index is 5.96. The van der Waals surface area contributed by atoms with Crippen molar-refractivity contribution in [2.45, 2.75) is 63.0 Å². The zero-order valence-electron chi connectivity index (χ0n) is 12.6. The lowest BCUT2D eigenvalue weighted by molar-refractivity contribution is 0.168. The zero-order valence-corrected chi connectivity index (χ0v) is 14.2. The normalized spacial score (nSPS) is 42.0. The third kappa shape index (κ3) is 3.84. The van der Waals surface area contributed by atoms with Crippen LogP contribution < -0.4 is 11.3 Å². The van der Waals surface area contributed by atoms with Gasteiger partial charge in [0.15, 0.2) is 0 Å². The summed E-state index contributed by atoms with van der Waals surface area (Å²) in [6.07, 6.45) is 5.37. The molecule has 1 heterocycles. The minimum absolute atomic E-state index is 0.512. The van der Waals surface area contributed by atoms with E-state index in [2.05, 4.69) is 49.7 Å². The van der Waals surface area contributed by atoms with Crippen LogP contribution in [0.2, 0.25) is 0 Å². The van der Waals surface area contributed by atoms with Crippen molar-refractivity contribution < 1.29 is 0 Å². The van der Waals surface area contributed by atoms with E-state index in [0.29, 0.717) is 11.3 Å². The maximum absolute atomic E-state index is 5.96. The lowest BCUT2D eigenvalue weighted by Gasteiger charge is -2.43. The standard InChI is InChI=1S/C15H30N2S2/c1-4-13-15(19-8-7-18-13)14(17-16)12-6-5-10(2)11(3)9-12/h10-15,17H,4-9,16H2,1-3H3. The molecule has 1 aliphatic carbocycles. The fraction of sp³-hybridized carbons (Fsp3) is 1.00. The molecule has 0 amide bonds. The van der Waals surface area contributed by atoms with Crippen LogP contribution in [-0.4, -0.2) is 28.0 Å². The van der Waals surface area contributed by atoms with Crippen molar-refractivity contribution in [3.05, 3.63) is 0 Å². The Morgan fingerprint density at radius 1 is 1.16 bits per heavy atom. The second kappa shape index (κ2) is 7.58. The lowest BCUT2D eigenvalue weighted by Crippen LogP contribution is -2.53. The van der Waals surface area contributed by atoms with E-state index in [-0.39, 0.29) is 0 Å². The number of hydrogen-bond acceptors (Lipinski definition) is 4. The first kappa shape index (κ1) is 16.0. The van der Waals surface area contributed by atoms with Gasteiger partial charge in [0.05, 0.1) is 0 Å². The highest BCUT2D eigenvalue weighted by atomic mass is 32.2. The van der Waals surface area contributed by atoms with Gasteiger partial charge in [0.2, 0.25) is 0 Å². The van der Waals surface area contributed by atoms with Crippen LogP contribution in [0.4, 0.5) is 0 Å². The van der Waals surface area contributed by atoms with E-state index in [4.69, 9.17) is 5.84 Å². The number of rotatable bonds is 4. The van der Waals surface area contributed by atoms with Crippen LogP contribution in [0.15, 0.2) is 0 Å². The summed E-state index contributed by atoms with van der Waals surface area (Å²) in [5.74, 6) is 11.1. The third-order valence-electron chi connectivity index (χ3n) is 5.19. The Hall–Kier alpha value is 0.620. The van der Waals surface area contributed by atoms with Crippen LogP contribution in [0, 0.1) is 17.8 Å². The second-order valence-electron chi connectivity index (χ2n) is 6.37. The SMILES string of the molecule is CCC1SCCSC1C(NN)C1CCC(C)C(C)C1. The van der Waals surface area contributed by atoms with Gasteiger partial charge in [0.1, 0.15) is 0 Å². The molecule has 1 saturated heterocycles. The molecular weight excluding hydrogens is 272 g/mol. The monoisotopic (exact) mass is 302 g/mol. The third-order valence-corrected chi connectivity index (χ3v) is 8.56. The molecule has 6 unspecified atom stereocenters. The Morgan fingerprint density at radius 2 is 1.89 bits per heavy atom. The molecule has 0 aromatic carbocycles. The van der Waals surface area contributed by atoms with Gasteiger partial charge in [-0.2, -0.15) is 23.5 Å². The maximum Gasteiger partial charge on any atom is 0.0368 e. The van der Waals surface area contributed by atoms with Gasteiger partial charge in [-0.3, -0.25) is 11.3 Å². The quantitative estimate of drug-likeness (QED) is 0.615. The zero-order chi connectivity index (χ0) is 13.8. The minimum atomic E-state index is 0.512. The van der Waals surface area contributed by atoms with Gasteiger partial charge in [-0.1, -0.05) is 27.2 Å². The highest BCUT2D eigenvalue weighted by Gasteiger charge is 2.38. The molecule has 0 bridgehead atoms. The number of hydrazine groups is 1. The van der Waals surface area contributed by atoms with Gasteiger partial charge in [-0.15, -0.1) is 0 Å². The molecule has 0 aromatic rings. The van der Waals surface area contributed by atoms with Crippen LogP contribution in [0.3, 0.4) is 0 Å². The van der Waals surface area contributed by atoms with E-state index in [1.807, 2.05) is 0 Å². The van der Waals surface area contributed by atoms with Crippen molar-refractivity contribution in [1.29, 1.82) is 0 Å². The molecule has 2 aliphatic rings. The average molecular weight is 303 g/mol. The fourth-order valence-electron chi connectivity index (χ4n) is 3.69. The van der Waals surface area contributed by atoms with Crippen molar-refractivity contribution in [2.75, 3.05) is 11.5 Å². The van der Waals surface area contributed by atoms with Crippen LogP contribution in [0.25, 0.3) is 0 Å². The van der Waals surface area contributed by atoms with Crippen LogP contribution in [-0.2, 0) is 0 Å². The Balaban J connectivity index is 2.01. The Bertz CT molecular complexity index is 275. The van der Waals surface area contributed by atoms with Gasteiger partial charge < -0.3 is 0 Å². The largest absolute Gasteiger partial charge is 0.271 e. The van der Waals surface area contributed by atoms with E-state index in [0.717, 1.165) is 23.0 Å². The molecule has 2 rings (SSSR count). The highest BCUT2D eigenvalue weighted by molar-refractivity contribution is 8.07. The summed E-state index contributed by atoms with van der Waals surface area (Å²) in [5.41, 5.74) is 3.21. The molecule has 6 atom stereocenters. The van der Waals surface area contributed by atoms with E-state index in [1.54, 1.807) is 0 Å². The first-order valence-corrected chi connectivity index (χ1v) is 9.96. The number of thioether (sulfide) groups is 2. The summed E-state index contributed by atoms with van der Waals surface area (Å²) in [6, 6.07) is 0.512. The van der Waals surface area contributed by atoms with E-state index < -0.39 is 0 Å². The molecule has 0 spiro atoms. The number of nitrogens with two attached hydrogens (primary N) is 1. The summed E-state index contributed by atoms with van der Waals surface area (Å²) >= 11 is 4.32. The van der Waals surface area contributed by atoms with Crippen molar-refractivity contribution >= 4 is 23.5 Å². The topological polar surface area (TPSA) is 38.0 Å². The predicted octanol–water partition coefficient (Wildman–Crippen LogP) is 3.52. The van der Waals surface area contributed by atoms with Crippen molar-refractivity contribution in [3.63, 3.8) is 0 Å². The van der Waals surface area contributed by atoms with Crippen molar-refractivity contribution in [3.8, 4) is 0 Å². The smallest absolute Gasteiger partial charge is 0.0368 e. The molecule has 1 aliphatic heterocycles. The first-order valence-electron chi connectivity index (χ1n) is 7.86. The average Bonchev–Trinajstić information content (AvgIpc) is 2.44. The molecule has 19 heavy (non-hydrogen) atoms. The molecule has 4 heteroatoms. The molecule has 2 nitrogen and oxygen atoms in total. The van der Waals surface area contributed by atoms with Gasteiger partial charge in [0, 0.05) is 28.0 Å². The summed E-state index contributed by atoms with van der Waals surface area (Å²) in [7, 11) is 0. The number of nitrogens with one attached hydrogen (secondary N) is 1.